The topological polar surface area (TPSA) is 55.1 Å². The van der Waals surface area contributed by atoms with Gasteiger partial charge in [0.15, 0.2) is 11.5 Å². The molecule has 5 heteroatoms. The molecule has 0 saturated carbocycles. The standard InChI is InChI=1S/C22H17ClN2O2/c1-14-3-2-4-16(11-14)22(26)24-18-8-5-15(6-9-18)12-21-25-19-13-17(23)7-10-20(19)27-21/h2-11,13H,12H2,1H3,(H,24,26). The second-order valence-corrected chi connectivity index (χ2v) is 6.85. The number of anilines is 1. The van der Waals surface area contributed by atoms with Gasteiger partial charge in [0.25, 0.3) is 5.91 Å². The zero-order chi connectivity index (χ0) is 18.8. The molecule has 0 radical (unpaired) electrons. The number of amides is 1. The van der Waals surface area contributed by atoms with Gasteiger partial charge in [0.1, 0.15) is 5.52 Å². The Bertz CT molecular complexity index is 1120. The number of oxazole rings is 1. The van der Waals surface area contributed by atoms with Gasteiger partial charge in [0.05, 0.1) is 0 Å². The SMILES string of the molecule is Cc1cccc(C(=O)Nc2ccc(Cc3nc4cc(Cl)ccc4o3)cc2)c1. The fourth-order valence-electron chi connectivity index (χ4n) is 2.89. The van der Waals surface area contributed by atoms with Crippen LogP contribution in [0.2, 0.25) is 5.02 Å². The molecular formula is C22H17ClN2O2. The molecule has 0 atom stereocenters. The molecule has 1 heterocycles. The van der Waals surface area contributed by atoms with E-state index in [1.54, 1.807) is 18.2 Å². The van der Waals surface area contributed by atoms with Crippen LogP contribution in [0.15, 0.2) is 71.1 Å². The van der Waals surface area contributed by atoms with Gasteiger partial charge < -0.3 is 9.73 Å². The van der Waals surface area contributed by atoms with Gasteiger partial charge in [-0.3, -0.25) is 4.79 Å². The lowest BCUT2D eigenvalue weighted by atomic mass is 10.1. The van der Waals surface area contributed by atoms with Crippen molar-refractivity contribution in [2.24, 2.45) is 0 Å². The molecular weight excluding hydrogens is 360 g/mol. The molecule has 1 amide bonds. The lowest BCUT2D eigenvalue weighted by Gasteiger charge is -2.07. The summed E-state index contributed by atoms with van der Waals surface area (Å²) in [6, 6.07) is 20.6. The summed E-state index contributed by atoms with van der Waals surface area (Å²) in [6.45, 7) is 1.96. The minimum absolute atomic E-state index is 0.123. The van der Waals surface area contributed by atoms with Crippen LogP contribution >= 0.6 is 11.6 Å². The van der Waals surface area contributed by atoms with Crippen LogP contribution in [0.5, 0.6) is 0 Å². The van der Waals surface area contributed by atoms with Crippen LogP contribution < -0.4 is 5.32 Å². The number of aryl methyl sites for hydroxylation is 1. The highest BCUT2D eigenvalue weighted by atomic mass is 35.5. The highest BCUT2D eigenvalue weighted by Gasteiger charge is 2.09. The molecule has 0 spiro atoms. The average molecular weight is 377 g/mol. The number of nitrogens with zero attached hydrogens (tertiary/aromatic N) is 1. The molecule has 3 aromatic carbocycles. The minimum Gasteiger partial charge on any atom is -0.440 e. The number of aromatic nitrogens is 1. The van der Waals surface area contributed by atoms with Crippen LogP contribution in [0.3, 0.4) is 0 Å². The number of halogens is 1. The molecule has 0 fully saturated rings. The third-order valence-electron chi connectivity index (χ3n) is 4.24. The summed E-state index contributed by atoms with van der Waals surface area (Å²) in [4.78, 5) is 16.8. The molecule has 1 N–H and O–H groups in total. The molecule has 0 bridgehead atoms. The van der Waals surface area contributed by atoms with Crippen molar-refractivity contribution < 1.29 is 9.21 Å². The van der Waals surface area contributed by atoms with Crippen molar-refractivity contribution in [1.82, 2.24) is 4.98 Å². The van der Waals surface area contributed by atoms with Crippen LogP contribution in [0.1, 0.15) is 27.4 Å². The second kappa shape index (κ2) is 7.25. The Morgan fingerprint density at radius 1 is 1.07 bits per heavy atom. The van der Waals surface area contributed by atoms with Gasteiger partial charge in [-0.15, -0.1) is 0 Å². The fraction of sp³-hybridized carbons (Fsp3) is 0.0909. The van der Waals surface area contributed by atoms with Gasteiger partial charge >= 0.3 is 0 Å². The summed E-state index contributed by atoms with van der Waals surface area (Å²) in [6.07, 6.45) is 0.568. The van der Waals surface area contributed by atoms with Crippen molar-refractivity contribution in [3.05, 3.63) is 94.3 Å². The average Bonchev–Trinajstić information content (AvgIpc) is 3.04. The van der Waals surface area contributed by atoms with E-state index in [2.05, 4.69) is 10.3 Å². The number of benzene rings is 3. The number of hydrogen-bond donors (Lipinski definition) is 1. The maximum Gasteiger partial charge on any atom is 0.255 e. The largest absolute Gasteiger partial charge is 0.440 e. The van der Waals surface area contributed by atoms with Crippen LogP contribution in [0, 0.1) is 6.92 Å². The van der Waals surface area contributed by atoms with Crippen molar-refractivity contribution in [3.63, 3.8) is 0 Å². The van der Waals surface area contributed by atoms with Crippen molar-refractivity contribution in [3.8, 4) is 0 Å². The first-order chi connectivity index (χ1) is 13.1. The van der Waals surface area contributed by atoms with Crippen molar-refractivity contribution in [2.45, 2.75) is 13.3 Å². The first kappa shape index (κ1) is 17.3. The molecule has 4 aromatic rings. The number of carbonyl (C=O) groups excluding carboxylic acids is 1. The van der Waals surface area contributed by atoms with E-state index in [1.807, 2.05) is 55.5 Å². The minimum atomic E-state index is -0.123. The van der Waals surface area contributed by atoms with E-state index in [-0.39, 0.29) is 5.91 Å². The van der Waals surface area contributed by atoms with Crippen LogP contribution in [-0.2, 0) is 6.42 Å². The molecule has 0 saturated heterocycles. The lowest BCUT2D eigenvalue weighted by Crippen LogP contribution is -2.11. The van der Waals surface area contributed by atoms with Crippen molar-refractivity contribution in [2.75, 3.05) is 5.32 Å². The number of rotatable bonds is 4. The van der Waals surface area contributed by atoms with Crippen LogP contribution in [0.4, 0.5) is 5.69 Å². The molecule has 27 heavy (non-hydrogen) atoms. The Hall–Kier alpha value is -3.11. The van der Waals surface area contributed by atoms with E-state index in [0.29, 0.717) is 22.9 Å². The highest BCUT2D eigenvalue weighted by molar-refractivity contribution is 6.31. The Labute approximate surface area is 161 Å². The van der Waals surface area contributed by atoms with E-state index in [4.69, 9.17) is 16.0 Å². The van der Waals surface area contributed by atoms with Gasteiger partial charge in [-0.1, -0.05) is 41.4 Å². The Balaban J connectivity index is 1.46. The van der Waals surface area contributed by atoms with Gasteiger partial charge in [-0.05, 0) is 55.0 Å². The predicted octanol–water partition coefficient (Wildman–Crippen LogP) is 5.63. The highest BCUT2D eigenvalue weighted by Crippen LogP contribution is 2.22. The predicted molar refractivity (Wildman–Crippen MR) is 107 cm³/mol. The summed E-state index contributed by atoms with van der Waals surface area (Å²) in [5.41, 5.74) is 4.95. The Kier molecular flexibility index (Phi) is 4.65. The number of hydrogen-bond acceptors (Lipinski definition) is 3. The molecule has 4 rings (SSSR count). The smallest absolute Gasteiger partial charge is 0.255 e. The van der Waals surface area contributed by atoms with Gasteiger partial charge in [0, 0.05) is 22.7 Å². The number of fused-ring (bicyclic) bond motifs is 1. The first-order valence-corrected chi connectivity index (χ1v) is 8.96. The molecule has 0 aliphatic heterocycles. The third-order valence-corrected chi connectivity index (χ3v) is 4.48. The third kappa shape index (κ3) is 4.01. The summed E-state index contributed by atoms with van der Waals surface area (Å²) in [5, 5.41) is 3.55. The molecule has 4 nitrogen and oxygen atoms in total. The molecule has 0 aliphatic carbocycles. The normalized spacial score (nSPS) is 10.9. The Morgan fingerprint density at radius 2 is 1.89 bits per heavy atom. The maximum atomic E-state index is 12.3. The quantitative estimate of drug-likeness (QED) is 0.502. The molecule has 0 aliphatic rings. The Morgan fingerprint density at radius 3 is 2.67 bits per heavy atom. The first-order valence-electron chi connectivity index (χ1n) is 8.59. The monoisotopic (exact) mass is 376 g/mol. The number of carbonyl (C=O) groups is 1. The van der Waals surface area contributed by atoms with Gasteiger partial charge in [-0.25, -0.2) is 4.98 Å². The summed E-state index contributed by atoms with van der Waals surface area (Å²) >= 11 is 5.98. The van der Waals surface area contributed by atoms with Gasteiger partial charge in [0.2, 0.25) is 0 Å². The van der Waals surface area contributed by atoms with E-state index in [9.17, 15) is 4.79 Å². The van der Waals surface area contributed by atoms with E-state index in [0.717, 1.165) is 27.9 Å². The molecule has 1 aromatic heterocycles. The zero-order valence-corrected chi connectivity index (χ0v) is 15.5. The molecule has 134 valence electrons. The van der Waals surface area contributed by atoms with Crippen LogP contribution in [-0.4, -0.2) is 10.9 Å². The summed E-state index contributed by atoms with van der Waals surface area (Å²) < 4.78 is 5.75. The van der Waals surface area contributed by atoms with E-state index < -0.39 is 0 Å². The summed E-state index contributed by atoms with van der Waals surface area (Å²) in [7, 11) is 0. The van der Waals surface area contributed by atoms with Crippen molar-refractivity contribution in [1.29, 1.82) is 0 Å². The van der Waals surface area contributed by atoms with E-state index in [1.165, 1.54) is 0 Å². The molecule has 0 unspecified atom stereocenters. The van der Waals surface area contributed by atoms with Crippen LogP contribution in [0.25, 0.3) is 11.1 Å². The fourth-order valence-corrected chi connectivity index (χ4v) is 3.06. The second-order valence-electron chi connectivity index (χ2n) is 6.42. The lowest BCUT2D eigenvalue weighted by molar-refractivity contribution is 0.102. The van der Waals surface area contributed by atoms with Gasteiger partial charge in [-0.2, -0.15) is 0 Å². The number of nitrogens with one attached hydrogen (secondary N) is 1. The van der Waals surface area contributed by atoms with Crippen molar-refractivity contribution >= 4 is 34.3 Å². The zero-order valence-electron chi connectivity index (χ0n) is 14.7. The van der Waals surface area contributed by atoms with E-state index >= 15 is 0 Å². The summed E-state index contributed by atoms with van der Waals surface area (Å²) in [5.74, 6) is 0.506. The maximum absolute atomic E-state index is 12.3.